The fourth-order valence-electron chi connectivity index (χ4n) is 3.56. The molecule has 0 heterocycles. The van der Waals surface area contributed by atoms with Crippen molar-refractivity contribution in [3.05, 3.63) is 99.0 Å². The standard InChI is InChI=1S/C28H24BrClN2O4/c1-3-35-26-14-21(24(29)15-27(26)36-17-18-8-10-22(30)11-9-18)16-31-32-28(33)23-12-19-6-4-5-7-20(19)13-25(23)34-2/h4-16H,3,17H2,1-2H3,(H,32,33)/b31-16-. The summed E-state index contributed by atoms with van der Waals surface area (Å²) in [5.74, 6) is 1.25. The number of hydrazone groups is 1. The van der Waals surface area contributed by atoms with Gasteiger partial charge in [-0.05, 0) is 75.6 Å². The molecule has 0 radical (unpaired) electrons. The lowest BCUT2D eigenvalue weighted by Gasteiger charge is -2.14. The average Bonchev–Trinajstić information content (AvgIpc) is 2.89. The second-order valence-electron chi connectivity index (χ2n) is 7.77. The maximum Gasteiger partial charge on any atom is 0.275 e. The third-order valence-corrected chi connectivity index (χ3v) is 6.29. The van der Waals surface area contributed by atoms with Gasteiger partial charge in [0, 0.05) is 15.1 Å². The molecule has 0 atom stereocenters. The molecule has 0 saturated carbocycles. The van der Waals surface area contributed by atoms with Crippen molar-refractivity contribution in [1.82, 2.24) is 5.43 Å². The summed E-state index contributed by atoms with van der Waals surface area (Å²) >= 11 is 9.51. The number of hydrogen-bond donors (Lipinski definition) is 1. The Morgan fingerprint density at radius 2 is 1.67 bits per heavy atom. The van der Waals surface area contributed by atoms with Crippen LogP contribution >= 0.6 is 27.5 Å². The van der Waals surface area contributed by atoms with Crippen LogP contribution in [0, 0.1) is 0 Å². The Morgan fingerprint density at radius 3 is 2.36 bits per heavy atom. The molecule has 0 aliphatic carbocycles. The number of carbonyl (C=O) groups is 1. The van der Waals surface area contributed by atoms with Gasteiger partial charge in [-0.2, -0.15) is 5.10 Å². The maximum atomic E-state index is 12.8. The lowest BCUT2D eigenvalue weighted by Crippen LogP contribution is -2.18. The highest BCUT2D eigenvalue weighted by Gasteiger charge is 2.14. The molecule has 0 aliphatic heterocycles. The lowest BCUT2D eigenvalue weighted by molar-refractivity contribution is 0.0952. The van der Waals surface area contributed by atoms with E-state index < -0.39 is 0 Å². The average molecular weight is 568 g/mol. The molecule has 184 valence electrons. The number of hydrogen-bond acceptors (Lipinski definition) is 5. The summed E-state index contributed by atoms with van der Waals surface area (Å²) in [6, 6.07) is 22.5. The zero-order valence-corrected chi connectivity index (χ0v) is 22.1. The lowest BCUT2D eigenvalue weighted by atomic mass is 10.1. The normalized spacial score (nSPS) is 11.0. The first kappa shape index (κ1) is 25.5. The summed E-state index contributed by atoms with van der Waals surface area (Å²) in [7, 11) is 1.53. The monoisotopic (exact) mass is 566 g/mol. The summed E-state index contributed by atoms with van der Waals surface area (Å²) in [6.45, 7) is 2.73. The summed E-state index contributed by atoms with van der Waals surface area (Å²) in [4.78, 5) is 12.8. The molecule has 4 aromatic rings. The smallest absolute Gasteiger partial charge is 0.275 e. The Labute approximate surface area is 223 Å². The third kappa shape index (κ3) is 6.17. The van der Waals surface area contributed by atoms with E-state index in [9.17, 15) is 4.79 Å². The fraction of sp³-hybridized carbons (Fsp3) is 0.143. The zero-order chi connectivity index (χ0) is 25.5. The van der Waals surface area contributed by atoms with Crippen molar-refractivity contribution in [2.45, 2.75) is 13.5 Å². The number of rotatable bonds is 9. The quantitative estimate of drug-likeness (QED) is 0.175. The van der Waals surface area contributed by atoms with Crippen molar-refractivity contribution < 1.29 is 19.0 Å². The molecule has 36 heavy (non-hydrogen) atoms. The third-order valence-electron chi connectivity index (χ3n) is 5.35. The van der Waals surface area contributed by atoms with Gasteiger partial charge in [-0.25, -0.2) is 5.43 Å². The summed E-state index contributed by atoms with van der Waals surface area (Å²) in [5, 5.41) is 6.74. The molecule has 8 heteroatoms. The Kier molecular flexibility index (Phi) is 8.46. The van der Waals surface area contributed by atoms with E-state index in [1.54, 1.807) is 18.3 Å². The van der Waals surface area contributed by atoms with Crippen molar-refractivity contribution in [2.75, 3.05) is 13.7 Å². The van der Waals surface area contributed by atoms with E-state index in [4.69, 9.17) is 25.8 Å². The van der Waals surface area contributed by atoms with Crippen molar-refractivity contribution in [3.8, 4) is 17.2 Å². The molecule has 6 nitrogen and oxygen atoms in total. The van der Waals surface area contributed by atoms with Gasteiger partial charge in [0.25, 0.3) is 5.91 Å². The highest BCUT2D eigenvalue weighted by atomic mass is 79.9. The molecule has 0 bridgehead atoms. The van der Waals surface area contributed by atoms with Crippen LogP contribution in [0.2, 0.25) is 5.02 Å². The minimum absolute atomic E-state index is 0.362. The summed E-state index contributed by atoms with van der Waals surface area (Å²) in [6.07, 6.45) is 1.54. The van der Waals surface area contributed by atoms with Gasteiger partial charge < -0.3 is 14.2 Å². The molecule has 4 aromatic carbocycles. The number of nitrogens with zero attached hydrogens (tertiary/aromatic N) is 1. The van der Waals surface area contributed by atoms with Crippen LogP contribution in [0.1, 0.15) is 28.4 Å². The number of halogens is 2. The van der Waals surface area contributed by atoms with Gasteiger partial charge in [0.2, 0.25) is 0 Å². The first-order valence-corrected chi connectivity index (χ1v) is 12.4. The van der Waals surface area contributed by atoms with Gasteiger partial charge in [-0.3, -0.25) is 4.79 Å². The van der Waals surface area contributed by atoms with Crippen LogP contribution in [0.3, 0.4) is 0 Å². The molecule has 0 aliphatic rings. The molecule has 1 N–H and O–H groups in total. The van der Waals surface area contributed by atoms with E-state index in [2.05, 4.69) is 26.5 Å². The molecule has 0 fully saturated rings. The van der Waals surface area contributed by atoms with Gasteiger partial charge in [-0.15, -0.1) is 0 Å². The van der Waals surface area contributed by atoms with Gasteiger partial charge >= 0.3 is 0 Å². The number of ether oxygens (including phenoxy) is 3. The molecule has 0 saturated heterocycles. The molecule has 4 rings (SSSR count). The number of fused-ring (bicyclic) bond motifs is 1. The number of carbonyl (C=O) groups excluding carboxylic acids is 1. The first-order valence-electron chi connectivity index (χ1n) is 11.2. The minimum Gasteiger partial charge on any atom is -0.496 e. The molecule has 1 amide bonds. The van der Waals surface area contributed by atoms with E-state index in [0.29, 0.717) is 46.6 Å². The van der Waals surface area contributed by atoms with Crippen LogP contribution in [0.25, 0.3) is 10.8 Å². The second-order valence-corrected chi connectivity index (χ2v) is 9.06. The summed E-state index contributed by atoms with van der Waals surface area (Å²) in [5.41, 5.74) is 4.67. The van der Waals surface area contributed by atoms with E-state index in [0.717, 1.165) is 20.8 Å². The molecular formula is C28H24BrClN2O4. The minimum atomic E-state index is -0.377. The zero-order valence-electron chi connectivity index (χ0n) is 19.8. The maximum absolute atomic E-state index is 12.8. The van der Waals surface area contributed by atoms with Crippen LogP contribution in [-0.4, -0.2) is 25.8 Å². The van der Waals surface area contributed by atoms with Gasteiger partial charge in [0.15, 0.2) is 11.5 Å². The highest BCUT2D eigenvalue weighted by molar-refractivity contribution is 9.10. The summed E-state index contributed by atoms with van der Waals surface area (Å²) < 4.78 is 17.9. The van der Waals surface area contributed by atoms with Crippen LogP contribution in [0.5, 0.6) is 17.2 Å². The van der Waals surface area contributed by atoms with Crippen molar-refractivity contribution >= 4 is 50.4 Å². The molecular weight excluding hydrogens is 544 g/mol. The molecule has 0 spiro atoms. The highest BCUT2D eigenvalue weighted by Crippen LogP contribution is 2.34. The predicted octanol–water partition coefficient (Wildman–Crippen LogP) is 7.01. The molecule has 0 unspecified atom stereocenters. The van der Waals surface area contributed by atoms with Crippen LogP contribution < -0.4 is 19.6 Å². The van der Waals surface area contributed by atoms with Crippen LogP contribution in [0.15, 0.2) is 82.4 Å². The van der Waals surface area contributed by atoms with Crippen molar-refractivity contribution in [1.29, 1.82) is 0 Å². The van der Waals surface area contributed by atoms with Gasteiger partial charge in [-0.1, -0.05) is 48.0 Å². The largest absolute Gasteiger partial charge is 0.496 e. The predicted molar refractivity (Wildman–Crippen MR) is 147 cm³/mol. The van der Waals surface area contributed by atoms with Crippen molar-refractivity contribution in [2.24, 2.45) is 5.10 Å². The van der Waals surface area contributed by atoms with E-state index >= 15 is 0 Å². The van der Waals surface area contributed by atoms with Gasteiger partial charge in [0.05, 0.1) is 25.5 Å². The van der Waals surface area contributed by atoms with Crippen molar-refractivity contribution in [3.63, 3.8) is 0 Å². The van der Waals surface area contributed by atoms with E-state index in [-0.39, 0.29) is 5.91 Å². The van der Waals surface area contributed by atoms with E-state index in [1.165, 1.54) is 7.11 Å². The number of amides is 1. The van der Waals surface area contributed by atoms with Crippen LogP contribution in [-0.2, 0) is 6.61 Å². The Hall–Kier alpha value is -3.55. The number of nitrogens with one attached hydrogen (secondary N) is 1. The van der Waals surface area contributed by atoms with Crippen LogP contribution in [0.4, 0.5) is 0 Å². The molecule has 0 aromatic heterocycles. The first-order chi connectivity index (χ1) is 17.5. The Balaban J connectivity index is 1.50. The van der Waals surface area contributed by atoms with E-state index in [1.807, 2.05) is 67.6 Å². The Bertz CT molecular complexity index is 1410. The topological polar surface area (TPSA) is 69.2 Å². The number of methoxy groups -OCH3 is 1. The van der Waals surface area contributed by atoms with Gasteiger partial charge in [0.1, 0.15) is 12.4 Å². The Morgan fingerprint density at radius 1 is 0.972 bits per heavy atom. The fourth-order valence-corrected chi connectivity index (χ4v) is 4.11. The second kappa shape index (κ2) is 11.9. The SMILES string of the molecule is CCOc1cc(/C=N\NC(=O)c2cc3ccccc3cc2OC)c(Br)cc1OCc1ccc(Cl)cc1. The number of benzene rings is 4.